The van der Waals surface area contributed by atoms with E-state index in [0.717, 1.165) is 0 Å². The van der Waals surface area contributed by atoms with Gasteiger partial charge < -0.3 is 18.5 Å². The predicted octanol–water partition coefficient (Wildman–Crippen LogP) is 1.35. The van der Waals surface area contributed by atoms with E-state index in [1.807, 2.05) is 0 Å². The summed E-state index contributed by atoms with van der Waals surface area (Å²) in [5, 5.41) is 0. The zero-order chi connectivity index (χ0) is 10.1. The molecule has 2 unspecified atom stereocenters. The predicted molar refractivity (Wildman–Crippen MR) is 42.4 cm³/mol. The highest BCUT2D eigenvalue weighted by atomic mass is 31.2. The summed E-state index contributed by atoms with van der Waals surface area (Å²) in [6.45, 7) is 1.56. The van der Waals surface area contributed by atoms with Crippen LogP contribution in [0.4, 0.5) is 4.79 Å². The quantitative estimate of drug-likeness (QED) is 0.517. The molecule has 1 heterocycles. The third kappa shape index (κ3) is 1.85. The van der Waals surface area contributed by atoms with E-state index in [-0.39, 0.29) is 0 Å². The van der Waals surface area contributed by atoms with Crippen molar-refractivity contribution in [1.29, 1.82) is 0 Å². The zero-order valence-electron chi connectivity index (χ0n) is 7.55. The van der Waals surface area contributed by atoms with Crippen LogP contribution in [0.5, 0.6) is 0 Å². The van der Waals surface area contributed by atoms with Crippen molar-refractivity contribution >= 4 is 13.8 Å². The fraction of sp³-hybridized carbons (Fsp3) is 0.833. The van der Waals surface area contributed by atoms with Crippen LogP contribution in [0.15, 0.2) is 0 Å². The van der Waals surface area contributed by atoms with E-state index < -0.39 is 25.7 Å². The van der Waals surface area contributed by atoms with Gasteiger partial charge in [-0.15, -0.1) is 0 Å². The smallest absolute Gasteiger partial charge is 0.427 e. The average Bonchev–Trinajstić information content (AvgIpc) is 2.44. The average molecular weight is 210 g/mol. The van der Waals surface area contributed by atoms with Crippen molar-refractivity contribution in [3.63, 3.8) is 0 Å². The minimum Gasteiger partial charge on any atom is -0.427 e. The Hall–Kier alpha value is -0.580. The van der Waals surface area contributed by atoms with E-state index in [1.165, 1.54) is 14.2 Å². The van der Waals surface area contributed by atoms with E-state index in [1.54, 1.807) is 6.92 Å². The van der Waals surface area contributed by atoms with Crippen LogP contribution in [0.25, 0.3) is 0 Å². The molecule has 6 nitrogen and oxygen atoms in total. The van der Waals surface area contributed by atoms with Gasteiger partial charge in [0.05, 0.1) is 0 Å². The lowest BCUT2D eigenvalue weighted by Gasteiger charge is -2.19. The van der Waals surface area contributed by atoms with Crippen LogP contribution < -0.4 is 0 Å². The van der Waals surface area contributed by atoms with Gasteiger partial charge in [0.15, 0.2) is 6.10 Å². The van der Waals surface area contributed by atoms with Crippen LogP contribution in [0.1, 0.15) is 6.92 Å². The van der Waals surface area contributed by atoms with E-state index in [2.05, 4.69) is 18.5 Å². The van der Waals surface area contributed by atoms with Crippen molar-refractivity contribution in [2.24, 2.45) is 0 Å². The van der Waals surface area contributed by atoms with E-state index in [0.29, 0.717) is 0 Å². The molecule has 76 valence electrons. The molecule has 13 heavy (non-hydrogen) atoms. The summed E-state index contributed by atoms with van der Waals surface area (Å²) in [5.74, 6) is -0.977. The van der Waals surface area contributed by atoms with Crippen LogP contribution in [0.3, 0.4) is 0 Å². The van der Waals surface area contributed by atoms with Gasteiger partial charge in [-0.25, -0.2) is 4.79 Å². The third-order valence-electron chi connectivity index (χ3n) is 1.72. The molecular weight excluding hydrogens is 199 g/mol. The Morgan fingerprint density at radius 3 is 2.15 bits per heavy atom. The maximum Gasteiger partial charge on any atom is 0.509 e. The monoisotopic (exact) mass is 210 g/mol. The van der Waals surface area contributed by atoms with Crippen molar-refractivity contribution in [1.82, 2.24) is 0 Å². The molecule has 1 aliphatic rings. The molecular formula is C6H11O6P. The lowest BCUT2D eigenvalue weighted by Crippen LogP contribution is -2.20. The lowest BCUT2D eigenvalue weighted by molar-refractivity contribution is 0.118. The molecule has 0 bridgehead atoms. The van der Waals surface area contributed by atoms with Crippen molar-refractivity contribution < 1.29 is 27.9 Å². The molecule has 0 aliphatic carbocycles. The molecule has 0 amide bonds. The standard InChI is InChI=1S/C6H11O6P/c1-4-5(12-6(7)11-4)13(8,9-2)10-3/h4-5H,1-3H3. The maximum absolute atomic E-state index is 11.7. The van der Waals surface area contributed by atoms with Crippen molar-refractivity contribution in [2.75, 3.05) is 14.2 Å². The molecule has 7 heteroatoms. The SMILES string of the molecule is COP(=O)(OC)C1OC(=O)OC1C. The first-order valence-corrected chi connectivity index (χ1v) is 5.23. The van der Waals surface area contributed by atoms with Crippen LogP contribution in [0.2, 0.25) is 0 Å². The molecule has 1 saturated heterocycles. The highest BCUT2D eigenvalue weighted by Crippen LogP contribution is 2.55. The summed E-state index contributed by atoms with van der Waals surface area (Å²) >= 11 is 0. The number of hydrogen-bond donors (Lipinski definition) is 0. The minimum atomic E-state index is -3.39. The second-order valence-corrected chi connectivity index (χ2v) is 4.81. The van der Waals surface area contributed by atoms with Gasteiger partial charge in [-0.2, -0.15) is 0 Å². The fourth-order valence-electron chi connectivity index (χ4n) is 1.04. The summed E-state index contributed by atoms with van der Waals surface area (Å²) in [6, 6.07) is 0. The summed E-state index contributed by atoms with van der Waals surface area (Å²) in [7, 11) is -0.940. The minimum absolute atomic E-state index is 0.627. The van der Waals surface area contributed by atoms with Crippen LogP contribution >= 0.6 is 7.60 Å². The van der Waals surface area contributed by atoms with Gasteiger partial charge in [0.2, 0.25) is 5.85 Å². The first-order chi connectivity index (χ1) is 6.03. The molecule has 1 rings (SSSR count). The van der Waals surface area contributed by atoms with Gasteiger partial charge in [0.25, 0.3) is 0 Å². The van der Waals surface area contributed by atoms with Gasteiger partial charge in [-0.1, -0.05) is 0 Å². The fourth-order valence-corrected chi connectivity index (χ4v) is 2.39. The first kappa shape index (κ1) is 10.5. The van der Waals surface area contributed by atoms with Gasteiger partial charge in [0.1, 0.15) is 0 Å². The molecule has 0 aromatic heterocycles. The molecule has 0 aromatic carbocycles. The number of carbonyl (C=O) groups is 1. The zero-order valence-corrected chi connectivity index (χ0v) is 8.45. The second kappa shape index (κ2) is 3.65. The molecule has 0 N–H and O–H groups in total. The van der Waals surface area contributed by atoms with Crippen molar-refractivity contribution in [3.05, 3.63) is 0 Å². The Bertz CT molecular complexity index is 244. The Kier molecular flexibility index (Phi) is 2.95. The number of cyclic esters (lactones) is 2. The topological polar surface area (TPSA) is 71.1 Å². The largest absolute Gasteiger partial charge is 0.509 e. The van der Waals surface area contributed by atoms with E-state index in [4.69, 9.17) is 0 Å². The lowest BCUT2D eigenvalue weighted by atomic mass is 10.4. The highest BCUT2D eigenvalue weighted by molar-refractivity contribution is 7.54. The Balaban J connectivity index is 2.81. The third-order valence-corrected chi connectivity index (χ3v) is 3.89. The second-order valence-electron chi connectivity index (χ2n) is 2.49. The van der Waals surface area contributed by atoms with Crippen LogP contribution in [-0.4, -0.2) is 32.3 Å². The van der Waals surface area contributed by atoms with Gasteiger partial charge in [0, 0.05) is 14.2 Å². The number of hydrogen-bond acceptors (Lipinski definition) is 6. The van der Waals surface area contributed by atoms with E-state index >= 15 is 0 Å². The summed E-state index contributed by atoms with van der Waals surface area (Å²) in [6.07, 6.45) is -1.48. The maximum atomic E-state index is 11.7. The Morgan fingerprint density at radius 1 is 1.31 bits per heavy atom. The molecule has 0 saturated carbocycles. The van der Waals surface area contributed by atoms with E-state index in [9.17, 15) is 9.36 Å². The number of rotatable bonds is 3. The van der Waals surface area contributed by atoms with Gasteiger partial charge in [-0.3, -0.25) is 4.57 Å². The molecule has 1 aliphatic heterocycles. The highest BCUT2D eigenvalue weighted by Gasteiger charge is 2.48. The first-order valence-electron chi connectivity index (χ1n) is 3.62. The molecule has 2 atom stereocenters. The molecule has 0 aromatic rings. The normalized spacial score (nSPS) is 28.4. The van der Waals surface area contributed by atoms with Crippen LogP contribution in [-0.2, 0) is 23.1 Å². The van der Waals surface area contributed by atoms with Gasteiger partial charge in [-0.05, 0) is 6.92 Å². The summed E-state index contributed by atoms with van der Waals surface area (Å²) < 4.78 is 30.3. The Morgan fingerprint density at radius 2 is 1.85 bits per heavy atom. The van der Waals surface area contributed by atoms with Crippen LogP contribution in [0, 0.1) is 0 Å². The number of ether oxygens (including phenoxy) is 2. The van der Waals surface area contributed by atoms with Crippen molar-refractivity contribution in [3.8, 4) is 0 Å². The van der Waals surface area contributed by atoms with Gasteiger partial charge >= 0.3 is 13.8 Å². The molecule has 0 radical (unpaired) electrons. The molecule has 0 spiro atoms. The van der Waals surface area contributed by atoms with Crippen molar-refractivity contribution in [2.45, 2.75) is 18.9 Å². The Labute approximate surface area is 75.6 Å². The summed E-state index contributed by atoms with van der Waals surface area (Å²) in [5.41, 5.74) is 0. The molecule has 1 fully saturated rings. The summed E-state index contributed by atoms with van der Waals surface area (Å²) in [4.78, 5) is 10.7. The number of carbonyl (C=O) groups excluding carboxylic acids is 1.